The molecule has 0 atom stereocenters. The summed E-state index contributed by atoms with van der Waals surface area (Å²) in [7, 11) is 0. The minimum absolute atomic E-state index is 0.0149. The van der Waals surface area contributed by atoms with Crippen molar-refractivity contribution in [2.45, 2.75) is 13.8 Å². The molecule has 0 aliphatic carbocycles. The van der Waals surface area contributed by atoms with E-state index in [4.69, 9.17) is 30.8 Å². The van der Waals surface area contributed by atoms with E-state index in [1.54, 1.807) is 16.8 Å². The Kier molecular flexibility index (Phi) is 5.62. The van der Waals surface area contributed by atoms with Crippen LogP contribution in [0, 0.1) is 6.92 Å². The summed E-state index contributed by atoms with van der Waals surface area (Å²) < 4.78 is 13.0. The summed E-state index contributed by atoms with van der Waals surface area (Å²) >= 11 is 7.48. The maximum Gasteiger partial charge on any atom is 0.262 e. The standard InChI is InChI=1S/C24H19ClN4O3S/c1-14-3-9-21(32-14)15(2)28-29-20(13-33-24(29)26-18-7-5-17(25)6-8-18)16-4-10-22-19(11-16)27-23(30)12-31-22/h3-11,13H,12H2,1-2H3,(H,27,30). The first kappa shape index (κ1) is 21.2. The highest BCUT2D eigenvalue weighted by Crippen LogP contribution is 2.33. The number of carbonyl (C=O) groups excluding carboxylic acids is 1. The van der Waals surface area contributed by atoms with E-state index in [1.807, 2.05) is 61.7 Å². The van der Waals surface area contributed by atoms with E-state index in [9.17, 15) is 4.79 Å². The number of ether oxygens (including phenoxy) is 1. The van der Waals surface area contributed by atoms with Gasteiger partial charge in [-0.2, -0.15) is 5.10 Å². The molecule has 4 aromatic rings. The molecule has 1 amide bonds. The van der Waals surface area contributed by atoms with Gasteiger partial charge in [-0.05, 0) is 68.4 Å². The molecule has 0 radical (unpaired) electrons. The molecule has 7 nitrogen and oxygen atoms in total. The van der Waals surface area contributed by atoms with E-state index in [1.165, 1.54) is 11.3 Å². The van der Waals surface area contributed by atoms with Crippen molar-refractivity contribution in [2.24, 2.45) is 10.1 Å². The van der Waals surface area contributed by atoms with Crippen LogP contribution in [0.2, 0.25) is 5.02 Å². The number of hydrogen-bond acceptors (Lipinski definition) is 6. The molecule has 0 saturated heterocycles. The zero-order chi connectivity index (χ0) is 22.9. The van der Waals surface area contributed by atoms with Gasteiger partial charge in [-0.15, -0.1) is 11.3 Å². The Morgan fingerprint density at radius 3 is 2.73 bits per heavy atom. The van der Waals surface area contributed by atoms with Crippen LogP contribution < -0.4 is 14.9 Å². The summed E-state index contributed by atoms with van der Waals surface area (Å²) in [5.41, 5.74) is 3.77. The highest BCUT2D eigenvalue weighted by atomic mass is 35.5. The van der Waals surface area contributed by atoms with Gasteiger partial charge < -0.3 is 14.5 Å². The largest absolute Gasteiger partial charge is 0.482 e. The number of rotatable bonds is 4. The lowest BCUT2D eigenvalue weighted by atomic mass is 10.1. The van der Waals surface area contributed by atoms with Crippen LogP contribution in [0.4, 0.5) is 11.4 Å². The predicted molar refractivity (Wildman–Crippen MR) is 130 cm³/mol. The van der Waals surface area contributed by atoms with Crippen molar-refractivity contribution in [3.63, 3.8) is 0 Å². The molecular formula is C24H19ClN4O3S. The van der Waals surface area contributed by atoms with Crippen LogP contribution in [0.25, 0.3) is 11.3 Å². The molecule has 3 heterocycles. The highest BCUT2D eigenvalue weighted by Gasteiger charge is 2.18. The second-order valence-electron chi connectivity index (χ2n) is 7.45. The number of halogens is 1. The van der Waals surface area contributed by atoms with Crippen LogP contribution in [0.1, 0.15) is 18.4 Å². The fourth-order valence-electron chi connectivity index (χ4n) is 3.37. The van der Waals surface area contributed by atoms with Gasteiger partial charge in [0.2, 0.25) is 4.80 Å². The van der Waals surface area contributed by atoms with Gasteiger partial charge in [0.25, 0.3) is 5.91 Å². The average molecular weight is 479 g/mol. The Labute approximate surface area is 198 Å². The minimum atomic E-state index is -0.182. The van der Waals surface area contributed by atoms with Gasteiger partial charge in [0.15, 0.2) is 6.61 Å². The number of furan rings is 1. The highest BCUT2D eigenvalue weighted by molar-refractivity contribution is 7.07. The van der Waals surface area contributed by atoms with E-state index in [2.05, 4.69) is 5.32 Å². The molecule has 5 rings (SSSR count). The summed E-state index contributed by atoms with van der Waals surface area (Å²) in [6.07, 6.45) is 0. The number of aromatic nitrogens is 1. The molecule has 0 fully saturated rings. The van der Waals surface area contributed by atoms with E-state index >= 15 is 0 Å². The minimum Gasteiger partial charge on any atom is -0.482 e. The Balaban J connectivity index is 1.65. The topological polar surface area (TPSA) is 81.1 Å². The Morgan fingerprint density at radius 2 is 1.97 bits per heavy atom. The van der Waals surface area contributed by atoms with Crippen molar-refractivity contribution in [3.05, 3.63) is 81.3 Å². The molecule has 0 saturated carbocycles. The SMILES string of the molecule is CC(=Nn1c(-c2ccc3c(c2)NC(=O)CO3)csc1=Nc1ccc(Cl)cc1)c1ccc(C)o1. The van der Waals surface area contributed by atoms with Crippen LogP contribution in [0.5, 0.6) is 5.75 Å². The van der Waals surface area contributed by atoms with Crippen molar-refractivity contribution in [3.8, 4) is 17.0 Å². The number of hydrogen-bond donors (Lipinski definition) is 1. The molecule has 0 unspecified atom stereocenters. The lowest BCUT2D eigenvalue weighted by Gasteiger charge is -2.18. The number of benzene rings is 2. The number of nitrogens with one attached hydrogen (secondary N) is 1. The molecule has 33 heavy (non-hydrogen) atoms. The lowest BCUT2D eigenvalue weighted by molar-refractivity contribution is -0.118. The van der Waals surface area contributed by atoms with Gasteiger partial charge in [0.05, 0.1) is 17.1 Å². The number of nitrogens with zero attached hydrogens (tertiary/aromatic N) is 3. The van der Waals surface area contributed by atoms with Crippen LogP contribution in [-0.2, 0) is 4.79 Å². The third-order valence-electron chi connectivity index (χ3n) is 4.99. The van der Waals surface area contributed by atoms with E-state index in [0.29, 0.717) is 32.7 Å². The monoisotopic (exact) mass is 478 g/mol. The van der Waals surface area contributed by atoms with Crippen molar-refractivity contribution < 1.29 is 13.9 Å². The Bertz CT molecular complexity index is 1450. The van der Waals surface area contributed by atoms with Crippen LogP contribution in [0.3, 0.4) is 0 Å². The van der Waals surface area contributed by atoms with Gasteiger partial charge >= 0.3 is 0 Å². The second-order valence-corrected chi connectivity index (χ2v) is 8.72. The first-order valence-corrected chi connectivity index (χ1v) is 11.4. The second kappa shape index (κ2) is 8.73. The number of anilines is 1. The van der Waals surface area contributed by atoms with Crippen LogP contribution in [-0.4, -0.2) is 22.9 Å². The molecule has 2 aromatic heterocycles. The maximum atomic E-state index is 11.8. The summed E-state index contributed by atoms with van der Waals surface area (Å²) in [5, 5.41) is 10.3. The first-order valence-electron chi connectivity index (χ1n) is 10.2. The zero-order valence-corrected chi connectivity index (χ0v) is 19.4. The fourth-order valence-corrected chi connectivity index (χ4v) is 4.34. The van der Waals surface area contributed by atoms with Gasteiger partial charge in [0, 0.05) is 16.0 Å². The molecule has 166 valence electrons. The normalized spacial score (nSPS) is 14.1. The van der Waals surface area contributed by atoms with Crippen molar-refractivity contribution >= 4 is 45.9 Å². The molecule has 0 spiro atoms. The number of carbonyl (C=O) groups is 1. The molecule has 0 bridgehead atoms. The molecule has 1 N–H and O–H groups in total. The molecule has 2 aromatic carbocycles. The van der Waals surface area contributed by atoms with Crippen LogP contribution >= 0.6 is 22.9 Å². The van der Waals surface area contributed by atoms with Crippen molar-refractivity contribution in [1.29, 1.82) is 0 Å². The summed E-state index contributed by atoms with van der Waals surface area (Å²) in [4.78, 5) is 17.2. The van der Waals surface area contributed by atoms with Crippen LogP contribution in [0.15, 0.2) is 74.5 Å². The molecule has 1 aliphatic rings. The summed E-state index contributed by atoms with van der Waals surface area (Å²) in [6.45, 7) is 3.80. The van der Waals surface area contributed by atoms with E-state index < -0.39 is 0 Å². The third kappa shape index (κ3) is 4.48. The fraction of sp³-hybridized carbons (Fsp3) is 0.125. The molecule has 1 aliphatic heterocycles. The van der Waals surface area contributed by atoms with Crippen molar-refractivity contribution in [1.82, 2.24) is 4.68 Å². The number of aryl methyl sites for hydroxylation is 1. The summed E-state index contributed by atoms with van der Waals surface area (Å²) in [6, 6.07) is 16.7. The van der Waals surface area contributed by atoms with Crippen molar-refractivity contribution in [2.75, 3.05) is 11.9 Å². The van der Waals surface area contributed by atoms with Gasteiger partial charge in [-0.1, -0.05) is 11.6 Å². The smallest absolute Gasteiger partial charge is 0.262 e. The summed E-state index contributed by atoms with van der Waals surface area (Å²) in [5.74, 6) is 1.95. The first-order chi connectivity index (χ1) is 16.0. The molecular weight excluding hydrogens is 460 g/mol. The van der Waals surface area contributed by atoms with Gasteiger partial charge in [-0.3, -0.25) is 4.79 Å². The van der Waals surface area contributed by atoms with E-state index in [0.717, 1.165) is 22.7 Å². The predicted octanol–water partition coefficient (Wildman–Crippen LogP) is 5.61. The van der Waals surface area contributed by atoms with Gasteiger partial charge in [-0.25, -0.2) is 9.67 Å². The Morgan fingerprint density at radius 1 is 1.15 bits per heavy atom. The molecule has 9 heteroatoms. The zero-order valence-electron chi connectivity index (χ0n) is 17.8. The third-order valence-corrected chi connectivity index (χ3v) is 6.06. The van der Waals surface area contributed by atoms with E-state index in [-0.39, 0.29) is 12.5 Å². The number of amides is 1. The lowest BCUT2D eigenvalue weighted by Crippen LogP contribution is -2.25. The number of thiazole rings is 1. The average Bonchev–Trinajstić information content (AvgIpc) is 3.41. The van der Waals surface area contributed by atoms with Gasteiger partial charge in [0.1, 0.15) is 23.0 Å². The Hall–Kier alpha value is -3.62. The maximum absolute atomic E-state index is 11.8. The number of fused-ring (bicyclic) bond motifs is 1. The quantitative estimate of drug-likeness (QED) is 0.387.